The van der Waals surface area contributed by atoms with E-state index in [1.807, 2.05) is 32.4 Å². The average Bonchev–Trinajstić information content (AvgIpc) is 2.68. The molecule has 2 N–H and O–H groups in total. The molecular formula is C14H24N4O2. The Labute approximate surface area is 119 Å². The molecule has 1 aliphatic heterocycles. The number of hydrogen-bond donors (Lipinski definition) is 1. The number of nitrogen functional groups attached to an aromatic ring is 1. The van der Waals surface area contributed by atoms with Crippen molar-refractivity contribution >= 4 is 11.8 Å². The number of anilines is 1. The van der Waals surface area contributed by atoms with E-state index in [0.29, 0.717) is 19.1 Å². The maximum Gasteiger partial charge on any atom is 0.410 e. The molecule has 0 unspecified atom stereocenters. The van der Waals surface area contributed by atoms with Crippen LogP contribution in [-0.2, 0) is 4.74 Å². The van der Waals surface area contributed by atoms with Crippen LogP contribution in [0.5, 0.6) is 0 Å². The van der Waals surface area contributed by atoms with E-state index >= 15 is 0 Å². The maximum absolute atomic E-state index is 12.0. The second-order valence-electron chi connectivity index (χ2n) is 6.33. The summed E-state index contributed by atoms with van der Waals surface area (Å²) in [4.78, 5) is 13.8. The van der Waals surface area contributed by atoms with Gasteiger partial charge in [-0.2, -0.15) is 5.10 Å². The van der Waals surface area contributed by atoms with Crippen LogP contribution in [0.15, 0.2) is 6.20 Å². The van der Waals surface area contributed by atoms with E-state index < -0.39 is 5.60 Å². The molecule has 2 rings (SSSR count). The fourth-order valence-electron chi connectivity index (χ4n) is 2.42. The molecule has 0 saturated carbocycles. The topological polar surface area (TPSA) is 73.4 Å². The van der Waals surface area contributed by atoms with Crippen LogP contribution >= 0.6 is 0 Å². The van der Waals surface area contributed by atoms with Crippen molar-refractivity contribution in [1.29, 1.82) is 0 Å². The van der Waals surface area contributed by atoms with Crippen LogP contribution in [0.2, 0.25) is 0 Å². The van der Waals surface area contributed by atoms with Gasteiger partial charge in [0.1, 0.15) is 5.60 Å². The van der Waals surface area contributed by atoms with Crippen molar-refractivity contribution in [2.75, 3.05) is 18.8 Å². The summed E-state index contributed by atoms with van der Waals surface area (Å²) in [6.45, 7) is 9.01. The second-order valence-corrected chi connectivity index (χ2v) is 6.33. The van der Waals surface area contributed by atoms with E-state index in [0.717, 1.165) is 24.2 Å². The summed E-state index contributed by atoms with van der Waals surface area (Å²) in [5.74, 6) is 0. The molecule has 20 heavy (non-hydrogen) atoms. The van der Waals surface area contributed by atoms with Crippen molar-refractivity contribution in [3.05, 3.63) is 11.9 Å². The molecule has 112 valence electrons. The third-order valence-electron chi connectivity index (χ3n) is 3.54. The molecule has 1 amide bonds. The third-order valence-corrected chi connectivity index (χ3v) is 3.54. The highest BCUT2D eigenvalue weighted by Crippen LogP contribution is 2.26. The number of amides is 1. The SMILES string of the molecule is Cc1c(N)cnn1C1CCN(C(=O)OC(C)(C)C)CC1. The summed E-state index contributed by atoms with van der Waals surface area (Å²) < 4.78 is 7.36. The fourth-order valence-corrected chi connectivity index (χ4v) is 2.42. The number of hydrogen-bond acceptors (Lipinski definition) is 4. The Morgan fingerprint density at radius 3 is 2.45 bits per heavy atom. The van der Waals surface area contributed by atoms with Gasteiger partial charge in [0.05, 0.1) is 23.6 Å². The second kappa shape index (κ2) is 5.34. The van der Waals surface area contributed by atoms with Gasteiger partial charge in [-0.15, -0.1) is 0 Å². The van der Waals surface area contributed by atoms with Crippen molar-refractivity contribution in [1.82, 2.24) is 14.7 Å². The number of piperidine rings is 1. The quantitative estimate of drug-likeness (QED) is 0.857. The zero-order chi connectivity index (χ0) is 14.9. The Morgan fingerprint density at radius 1 is 1.40 bits per heavy atom. The first-order valence-electron chi connectivity index (χ1n) is 7.05. The molecule has 1 aliphatic rings. The van der Waals surface area contributed by atoms with Gasteiger partial charge >= 0.3 is 6.09 Å². The molecule has 0 atom stereocenters. The zero-order valence-corrected chi connectivity index (χ0v) is 12.7. The Bertz CT molecular complexity index is 482. The number of nitrogens with zero attached hydrogens (tertiary/aromatic N) is 3. The van der Waals surface area contributed by atoms with Gasteiger partial charge in [0.2, 0.25) is 0 Å². The van der Waals surface area contributed by atoms with Gasteiger partial charge < -0.3 is 15.4 Å². The molecule has 0 aromatic carbocycles. The number of nitrogens with two attached hydrogens (primary N) is 1. The maximum atomic E-state index is 12.0. The Kier molecular flexibility index (Phi) is 3.92. The van der Waals surface area contributed by atoms with Crippen LogP contribution in [0.1, 0.15) is 45.3 Å². The van der Waals surface area contributed by atoms with Gasteiger partial charge in [-0.1, -0.05) is 0 Å². The minimum Gasteiger partial charge on any atom is -0.444 e. The molecule has 0 bridgehead atoms. The predicted octanol–water partition coefficient (Wildman–Crippen LogP) is 2.35. The first-order chi connectivity index (χ1) is 9.28. The van der Waals surface area contributed by atoms with Crippen molar-refractivity contribution in [3.63, 3.8) is 0 Å². The molecule has 0 aliphatic carbocycles. The molecule has 0 spiro atoms. The molecule has 1 saturated heterocycles. The van der Waals surface area contributed by atoms with E-state index in [2.05, 4.69) is 5.10 Å². The largest absolute Gasteiger partial charge is 0.444 e. The summed E-state index contributed by atoms with van der Waals surface area (Å²) in [5, 5.41) is 4.33. The van der Waals surface area contributed by atoms with E-state index in [-0.39, 0.29) is 6.09 Å². The van der Waals surface area contributed by atoms with Crippen LogP contribution in [0, 0.1) is 6.92 Å². The number of carbonyl (C=O) groups excluding carboxylic acids is 1. The molecule has 6 heteroatoms. The summed E-state index contributed by atoms with van der Waals surface area (Å²) >= 11 is 0. The lowest BCUT2D eigenvalue weighted by Crippen LogP contribution is -2.42. The van der Waals surface area contributed by atoms with Crippen LogP contribution in [0.25, 0.3) is 0 Å². The number of carbonyl (C=O) groups is 1. The highest BCUT2D eigenvalue weighted by Gasteiger charge is 2.28. The Hall–Kier alpha value is -1.72. The van der Waals surface area contributed by atoms with Crippen molar-refractivity contribution in [3.8, 4) is 0 Å². The van der Waals surface area contributed by atoms with E-state index in [1.165, 1.54) is 0 Å². The third kappa shape index (κ3) is 3.23. The van der Waals surface area contributed by atoms with E-state index in [9.17, 15) is 4.79 Å². The fraction of sp³-hybridized carbons (Fsp3) is 0.714. The minimum absolute atomic E-state index is 0.229. The standard InChI is InChI=1S/C14H24N4O2/c1-10-12(15)9-16-18(10)11-5-7-17(8-6-11)13(19)20-14(2,3)4/h9,11H,5-8,15H2,1-4H3. The normalized spacial score (nSPS) is 17.3. The van der Waals surface area contributed by atoms with Gasteiger partial charge in [-0.3, -0.25) is 4.68 Å². The van der Waals surface area contributed by atoms with E-state index in [1.54, 1.807) is 11.1 Å². The zero-order valence-electron chi connectivity index (χ0n) is 12.7. The average molecular weight is 280 g/mol. The molecule has 1 aromatic heterocycles. The summed E-state index contributed by atoms with van der Waals surface area (Å²) in [5.41, 5.74) is 7.10. The molecule has 2 heterocycles. The molecule has 0 radical (unpaired) electrons. The van der Waals surface area contributed by atoms with Gasteiger partial charge in [-0.25, -0.2) is 4.79 Å². The molecule has 1 aromatic rings. The summed E-state index contributed by atoms with van der Waals surface area (Å²) in [6.07, 6.45) is 3.21. The number of likely N-dealkylation sites (tertiary alicyclic amines) is 1. The lowest BCUT2D eigenvalue weighted by molar-refractivity contribution is 0.0184. The molecule has 6 nitrogen and oxygen atoms in total. The van der Waals surface area contributed by atoms with Gasteiger partial charge in [0, 0.05) is 13.1 Å². The first kappa shape index (κ1) is 14.7. The number of aromatic nitrogens is 2. The van der Waals surface area contributed by atoms with Gasteiger partial charge in [0.25, 0.3) is 0 Å². The van der Waals surface area contributed by atoms with Crippen molar-refractivity contribution in [2.24, 2.45) is 0 Å². The number of rotatable bonds is 1. The van der Waals surface area contributed by atoms with Crippen LogP contribution in [0.3, 0.4) is 0 Å². The highest BCUT2D eigenvalue weighted by atomic mass is 16.6. The van der Waals surface area contributed by atoms with Crippen molar-refractivity contribution in [2.45, 2.75) is 52.2 Å². The van der Waals surface area contributed by atoms with Crippen molar-refractivity contribution < 1.29 is 9.53 Å². The summed E-state index contributed by atoms with van der Waals surface area (Å²) in [6, 6.07) is 0.311. The summed E-state index contributed by atoms with van der Waals surface area (Å²) in [7, 11) is 0. The van der Waals surface area contributed by atoms with E-state index in [4.69, 9.17) is 10.5 Å². The Morgan fingerprint density at radius 2 is 2.00 bits per heavy atom. The minimum atomic E-state index is -0.443. The predicted molar refractivity (Wildman–Crippen MR) is 77.5 cm³/mol. The lowest BCUT2D eigenvalue weighted by Gasteiger charge is -2.33. The first-order valence-corrected chi connectivity index (χ1v) is 7.05. The number of ether oxygens (including phenoxy) is 1. The Balaban J connectivity index is 1.93. The van der Waals surface area contributed by atoms with Crippen LogP contribution < -0.4 is 5.73 Å². The molecule has 1 fully saturated rings. The lowest BCUT2D eigenvalue weighted by atomic mass is 10.1. The monoisotopic (exact) mass is 280 g/mol. The molecular weight excluding hydrogens is 256 g/mol. The highest BCUT2D eigenvalue weighted by molar-refractivity contribution is 5.68. The van der Waals surface area contributed by atoms with Gasteiger partial charge in [-0.05, 0) is 40.5 Å². The van der Waals surface area contributed by atoms with Crippen LogP contribution in [0.4, 0.5) is 10.5 Å². The van der Waals surface area contributed by atoms with Crippen LogP contribution in [-0.4, -0.2) is 39.5 Å². The smallest absolute Gasteiger partial charge is 0.410 e. The van der Waals surface area contributed by atoms with Gasteiger partial charge in [0.15, 0.2) is 0 Å².